The number of amides is 1. The molecule has 1 heterocycles. The zero-order valence-corrected chi connectivity index (χ0v) is 17.4. The first-order chi connectivity index (χ1) is 15.2. The van der Waals surface area contributed by atoms with E-state index < -0.39 is 5.97 Å². The fourth-order valence-electron chi connectivity index (χ4n) is 3.82. The minimum Gasteiger partial charge on any atom is -0.496 e. The Morgan fingerprint density at radius 2 is 1.77 bits per heavy atom. The second-order valence-corrected chi connectivity index (χ2v) is 7.50. The number of nitrogens with zero attached hydrogens (tertiary/aromatic N) is 2. The van der Waals surface area contributed by atoms with E-state index in [2.05, 4.69) is 10.4 Å². The van der Waals surface area contributed by atoms with Gasteiger partial charge >= 0.3 is 5.97 Å². The molecule has 7 heteroatoms. The van der Waals surface area contributed by atoms with Gasteiger partial charge in [-0.2, -0.15) is 5.10 Å². The van der Waals surface area contributed by atoms with Crippen molar-refractivity contribution in [3.05, 3.63) is 66.4 Å². The highest BCUT2D eigenvalue weighted by Gasteiger charge is 2.24. The average Bonchev–Trinajstić information content (AvgIpc) is 3.48. The van der Waals surface area contributed by atoms with Gasteiger partial charge in [-0.15, -0.1) is 0 Å². The molecular formula is C24H25N3O4. The summed E-state index contributed by atoms with van der Waals surface area (Å²) in [5.41, 5.74) is 2.17. The lowest BCUT2D eigenvalue weighted by molar-refractivity contribution is -0.124. The smallest absolute Gasteiger partial charge is 0.342 e. The zero-order chi connectivity index (χ0) is 21.6. The third-order valence-electron chi connectivity index (χ3n) is 5.37. The van der Waals surface area contributed by atoms with Crippen molar-refractivity contribution in [3.63, 3.8) is 0 Å². The number of methoxy groups -OCH3 is 1. The van der Waals surface area contributed by atoms with Gasteiger partial charge in [0.25, 0.3) is 5.91 Å². The van der Waals surface area contributed by atoms with Crippen molar-refractivity contribution < 1.29 is 19.1 Å². The Bertz CT molecular complexity index is 1060. The number of para-hydroxylation sites is 2. The molecule has 1 saturated carbocycles. The van der Waals surface area contributed by atoms with E-state index >= 15 is 0 Å². The van der Waals surface area contributed by atoms with Gasteiger partial charge in [-0.05, 0) is 37.1 Å². The molecule has 1 aromatic heterocycles. The second kappa shape index (κ2) is 9.47. The summed E-state index contributed by atoms with van der Waals surface area (Å²) in [5, 5.41) is 7.55. The highest BCUT2D eigenvalue weighted by atomic mass is 16.5. The zero-order valence-electron chi connectivity index (χ0n) is 17.4. The molecule has 0 aliphatic heterocycles. The Balaban J connectivity index is 1.59. The van der Waals surface area contributed by atoms with Crippen LogP contribution in [0.15, 0.2) is 60.8 Å². The summed E-state index contributed by atoms with van der Waals surface area (Å²) in [6.45, 7) is -0.322. The van der Waals surface area contributed by atoms with Gasteiger partial charge in [0, 0.05) is 17.8 Å². The molecular weight excluding hydrogens is 394 g/mol. The van der Waals surface area contributed by atoms with Crippen LogP contribution in [0.1, 0.15) is 36.0 Å². The Morgan fingerprint density at radius 1 is 1.06 bits per heavy atom. The van der Waals surface area contributed by atoms with Crippen molar-refractivity contribution in [2.24, 2.45) is 0 Å². The number of benzene rings is 2. The number of hydrogen-bond donors (Lipinski definition) is 1. The first kappa shape index (κ1) is 20.7. The van der Waals surface area contributed by atoms with Crippen molar-refractivity contribution in [1.29, 1.82) is 0 Å². The molecule has 0 unspecified atom stereocenters. The van der Waals surface area contributed by atoms with E-state index in [1.165, 1.54) is 0 Å². The molecule has 0 saturated heterocycles. The SMILES string of the molecule is COc1ccccc1-c1nn(-c2ccccc2)cc1C(=O)OCC(=O)NC1CCCC1. The largest absolute Gasteiger partial charge is 0.496 e. The standard InChI is InChI=1S/C24H25N3O4/c1-30-21-14-8-7-13-19(21)23-20(15-27(26-23)18-11-3-2-4-12-18)24(29)31-16-22(28)25-17-9-5-6-10-17/h2-4,7-8,11-15,17H,5-6,9-10,16H2,1H3,(H,25,28). The fraction of sp³-hybridized carbons (Fsp3) is 0.292. The summed E-state index contributed by atoms with van der Waals surface area (Å²) in [4.78, 5) is 25.1. The second-order valence-electron chi connectivity index (χ2n) is 7.50. The van der Waals surface area contributed by atoms with Gasteiger partial charge in [0.05, 0.1) is 12.8 Å². The van der Waals surface area contributed by atoms with Crippen molar-refractivity contribution in [2.75, 3.05) is 13.7 Å². The topological polar surface area (TPSA) is 82.5 Å². The monoisotopic (exact) mass is 419 g/mol. The van der Waals surface area contributed by atoms with Gasteiger partial charge in [0.1, 0.15) is 17.0 Å². The Labute approximate surface area is 181 Å². The predicted octanol–water partition coefficient (Wildman–Crippen LogP) is 3.76. The molecule has 0 radical (unpaired) electrons. The van der Waals surface area contributed by atoms with Crippen LogP contribution in [-0.2, 0) is 9.53 Å². The number of carbonyl (C=O) groups excluding carboxylic acids is 2. The third-order valence-corrected chi connectivity index (χ3v) is 5.37. The molecule has 0 bridgehead atoms. The minimum absolute atomic E-state index is 0.177. The third kappa shape index (κ3) is 4.77. The van der Waals surface area contributed by atoms with Crippen LogP contribution in [0.25, 0.3) is 16.9 Å². The normalized spacial score (nSPS) is 13.7. The highest BCUT2D eigenvalue weighted by molar-refractivity contribution is 5.98. The van der Waals surface area contributed by atoms with E-state index in [0.717, 1.165) is 31.4 Å². The van der Waals surface area contributed by atoms with Crippen molar-refractivity contribution in [1.82, 2.24) is 15.1 Å². The van der Waals surface area contributed by atoms with Crippen LogP contribution < -0.4 is 10.1 Å². The summed E-state index contributed by atoms with van der Waals surface area (Å²) in [6.07, 6.45) is 5.80. The average molecular weight is 419 g/mol. The van der Waals surface area contributed by atoms with Gasteiger partial charge < -0.3 is 14.8 Å². The molecule has 0 atom stereocenters. The number of carbonyl (C=O) groups is 2. The molecule has 31 heavy (non-hydrogen) atoms. The van der Waals surface area contributed by atoms with Gasteiger partial charge in [0.2, 0.25) is 0 Å². The molecule has 3 aromatic rings. The quantitative estimate of drug-likeness (QED) is 0.590. The fourth-order valence-corrected chi connectivity index (χ4v) is 3.82. The van der Waals surface area contributed by atoms with Crippen LogP contribution in [0.3, 0.4) is 0 Å². The maximum atomic E-state index is 12.9. The molecule has 7 nitrogen and oxygen atoms in total. The lowest BCUT2D eigenvalue weighted by Gasteiger charge is -2.12. The van der Waals surface area contributed by atoms with E-state index in [1.54, 1.807) is 24.1 Å². The number of aromatic nitrogens is 2. The van der Waals surface area contributed by atoms with Crippen LogP contribution in [0.4, 0.5) is 0 Å². The number of hydrogen-bond acceptors (Lipinski definition) is 5. The van der Waals surface area contributed by atoms with Crippen LogP contribution in [0.2, 0.25) is 0 Å². The lowest BCUT2D eigenvalue weighted by atomic mass is 10.1. The summed E-state index contributed by atoms with van der Waals surface area (Å²) >= 11 is 0. The predicted molar refractivity (Wildman–Crippen MR) is 116 cm³/mol. The van der Waals surface area contributed by atoms with Crippen molar-refractivity contribution in [3.8, 4) is 22.7 Å². The number of ether oxygens (including phenoxy) is 2. The molecule has 1 amide bonds. The maximum absolute atomic E-state index is 12.9. The first-order valence-electron chi connectivity index (χ1n) is 10.4. The summed E-state index contributed by atoms with van der Waals surface area (Å²) in [7, 11) is 1.57. The van der Waals surface area contributed by atoms with Crippen molar-refractivity contribution >= 4 is 11.9 Å². The van der Waals surface area contributed by atoms with Crippen LogP contribution in [-0.4, -0.2) is 41.4 Å². The Kier molecular flexibility index (Phi) is 6.31. The molecule has 160 valence electrons. The number of esters is 1. The van der Waals surface area contributed by atoms with Gasteiger partial charge in [-0.25, -0.2) is 9.48 Å². The van der Waals surface area contributed by atoms with Crippen molar-refractivity contribution in [2.45, 2.75) is 31.7 Å². The summed E-state index contributed by atoms with van der Waals surface area (Å²) in [5.74, 6) is -0.298. The van der Waals surface area contributed by atoms with E-state index in [9.17, 15) is 9.59 Å². The van der Waals surface area contributed by atoms with Crippen LogP contribution >= 0.6 is 0 Å². The van der Waals surface area contributed by atoms with Gasteiger partial charge in [-0.1, -0.05) is 43.2 Å². The van der Waals surface area contributed by atoms with E-state index in [-0.39, 0.29) is 24.1 Å². The lowest BCUT2D eigenvalue weighted by Crippen LogP contribution is -2.35. The van der Waals surface area contributed by atoms with Crippen LogP contribution in [0.5, 0.6) is 5.75 Å². The van der Waals surface area contributed by atoms with E-state index in [1.807, 2.05) is 48.5 Å². The maximum Gasteiger partial charge on any atom is 0.342 e. The molecule has 1 aliphatic carbocycles. The molecule has 2 aromatic carbocycles. The van der Waals surface area contributed by atoms with Crippen LogP contribution in [0, 0.1) is 0 Å². The molecule has 0 spiro atoms. The Hall–Kier alpha value is -3.61. The molecule has 1 aliphatic rings. The minimum atomic E-state index is -0.607. The Morgan fingerprint density at radius 3 is 2.52 bits per heavy atom. The summed E-state index contributed by atoms with van der Waals surface area (Å²) in [6, 6.07) is 17.0. The number of nitrogens with one attached hydrogen (secondary N) is 1. The van der Waals surface area contributed by atoms with E-state index in [4.69, 9.17) is 9.47 Å². The number of rotatable bonds is 7. The van der Waals surface area contributed by atoms with E-state index in [0.29, 0.717) is 17.0 Å². The molecule has 1 N–H and O–H groups in total. The summed E-state index contributed by atoms with van der Waals surface area (Å²) < 4.78 is 12.4. The van der Waals surface area contributed by atoms with Gasteiger partial charge in [0.15, 0.2) is 6.61 Å². The highest BCUT2D eigenvalue weighted by Crippen LogP contribution is 2.32. The first-order valence-corrected chi connectivity index (χ1v) is 10.4. The van der Waals surface area contributed by atoms with Gasteiger partial charge in [-0.3, -0.25) is 4.79 Å². The molecule has 1 fully saturated rings. The molecule has 4 rings (SSSR count).